The summed E-state index contributed by atoms with van der Waals surface area (Å²) in [7, 11) is 1.67. The van der Waals surface area contributed by atoms with Crippen molar-refractivity contribution in [3.05, 3.63) is 24.2 Å². The summed E-state index contributed by atoms with van der Waals surface area (Å²) in [6.07, 6.45) is 1.55. The first-order chi connectivity index (χ1) is 8.08. The summed E-state index contributed by atoms with van der Waals surface area (Å²) in [6, 6.07) is 3.39. The molecule has 0 saturated carbocycles. The van der Waals surface area contributed by atoms with Gasteiger partial charge in [-0.3, -0.25) is 4.79 Å². The highest BCUT2D eigenvalue weighted by molar-refractivity contribution is 5.79. The lowest BCUT2D eigenvalue weighted by Gasteiger charge is -2.38. The SMILES string of the molecule is CN(Cc1ccco1)C(=O)N1CC(C(=O)O)C1. The smallest absolute Gasteiger partial charge is 0.320 e. The molecule has 1 aromatic rings. The Labute approximate surface area is 98.4 Å². The lowest BCUT2D eigenvalue weighted by molar-refractivity contribution is -0.146. The van der Waals surface area contributed by atoms with E-state index in [2.05, 4.69) is 0 Å². The summed E-state index contributed by atoms with van der Waals surface area (Å²) < 4.78 is 5.14. The highest BCUT2D eigenvalue weighted by atomic mass is 16.4. The Morgan fingerprint density at radius 3 is 2.82 bits per heavy atom. The van der Waals surface area contributed by atoms with E-state index in [9.17, 15) is 9.59 Å². The molecule has 1 N–H and O–H groups in total. The first kappa shape index (κ1) is 11.5. The van der Waals surface area contributed by atoms with Crippen LogP contribution in [0.4, 0.5) is 4.79 Å². The number of nitrogens with zero attached hydrogens (tertiary/aromatic N) is 2. The third-order valence-corrected chi connectivity index (χ3v) is 2.80. The first-order valence-electron chi connectivity index (χ1n) is 5.33. The lowest BCUT2D eigenvalue weighted by Crippen LogP contribution is -2.56. The zero-order valence-corrected chi connectivity index (χ0v) is 9.50. The van der Waals surface area contributed by atoms with E-state index in [1.54, 1.807) is 25.4 Å². The van der Waals surface area contributed by atoms with E-state index >= 15 is 0 Å². The fourth-order valence-electron chi connectivity index (χ4n) is 1.74. The van der Waals surface area contributed by atoms with Gasteiger partial charge >= 0.3 is 12.0 Å². The molecule has 2 amide bonds. The standard InChI is InChI=1S/C11H14N2O4/c1-12(7-9-3-2-4-17-9)11(16)13-5-8(6-13)10(14)15/h2-4,8H,5-7H2,1H3,(H,14,15). The molecule has 0 bridgehead atoms. The topological polar surface area (TPSA) is 74.0 Å². The molecule has 1 aliphatic rings. The maximum absolute atomic E-state index is 11.8. The third kappa shape index (κ3) is 2.41. The molecule has 6 heteroatoms. The molecule has 1 fully saturated rings. The number of amides is 2. The van der Waals surface area contributed by atoms with Crippen LogP contribution >= 0.6 is 0 Å². The van der Waals surface area contributed by atoms with Gasteiger partial charge in [-0.15, -0.1) is 0 Å². The van der Waals surface area contributed by atoms with E-state index in [-0.39, 0.29) is 19.1 Å². The highest BCUT2D eigenvalue weighted by Gasteiger charge is 2.36. The molecule has 1 aromatic heterocycles. The number of carbonyl (C=O) groups is 2. The van der Waals surface area contributed by atoms with Gasteiger partial charge in [-0.25, -0.2) is 4.79 Å². The van der Waals surface area contributed by atoms with Crippen LogP contribution in [0.25, 0.3) is 0 Å². The Balaban J connectivity index is 1.83. The molecule has 2 heterocycles. The summed E-state index contributed by atoms with van der Waals surface area (Å²) in [5, 5.41) is 8.71. The second-order valence-corrected chi connectivity index (χ2v) is 4.16. The molecule has 0 atom stereocenters. The summed E-state index contributed by atoms with van der Waals surface area (Å²) in [6.45, 7) is 0.966. The van der Waals surface area contributed by atoms with Crippen LogP contribution in [0.15, 0.2) is 22.8 Å². The monoisotopic (exact) mass is 238 g/mol. The first-order valence-corrected chi connectivity index (χ1v) is 5.33. The molecule has 1 aliphatic heterocycles. The van der Waals surface area contributed by atoms with Crippen molar-refractivity contribution in [3.63, 3.8) is 0 Å². The third-order valence-electron chi connectivity index (χ3n) is 2.80. The predicted molar refractivity (Wildman–Crippen MR) is 58.3 cm³/mol. The molecule has 6 nitrogen and oxygen atoms in total. The minimum Gasteiger partial charge on any atom is -0.481 e. The molecule has 0 aromatic carbocycles. The number of furan rings is 1. The lowest BCUT2D eigenvalue weighted by atomic mass is 10.0. The Kier molecular flexibility index (Phi) is 3.03. The molecule has 0 radical (unpaired) electrons. The largest absolute Gasteiger partial charge is 0.481 e. The van der Waals surface area contributed by atoms with Gasteiger partial charge in [0.05, 0.1) is 18.7 Å². The van der Waals surface area contributed by atoms with Gasteiger partial charge in [0.1, 0.15) is 5.76 Å². The second-order valence-electron chi connectivity index (χ2n) is 4.16. The van der Waals surface area contributed by atoms with Crippen molar-refractivity contribution in [1.29, 1.82) is 0 Å². The van der Waals surface area contributed by atoms with Crippen LogP contribution in [0.5, 0.6) is 0 Å². The number of carboxylic acids is 1. The van der Waals surface area contributed by atoms with Gasteiger partial charge < -0.3 is 19.3 Å². The van der Waals surface area contributed by atoms with Crippen LogP contribution in [0.1, 0.15) is 5.76 Å². The second kappa shape index (κ2) is 4.48. The summed E-state index contributed by atoms with van der Waals surface area (Å²) in [4.78, 5) is 25.5. The number of urea groups is 1. The average Bonchev–Trinajstić information content (AvgIpc) is 2.67. The van der Waals surface area contributed by atoms with Gasteiger partial charge in [0.15, 0.2) is 0 Å². The van der Waals surface area contributed by atoms with Crippen molar-refractivity contribution in [2.24, 2.45) is 5.92 Å². The number of carboxylic acid groups (broad SMARTS) is 1. The Hall–Kier alpha value is -1.98. The zero-order valence-electron chi connectivity index (χ0n) is 9.50. The highest BCUT2D eigenvalue weighted by Crippen LogP contribution is 2.18. The van der Waals surface area contributed by atoms with Crippen LogP contribution in [-0.4, -0.2) is 47.0 Å². The van der Waals surface area contributed by atoms with E-state index < -0.39 is 11.9 Å². The van der Waals surface area contributed by atoms with Crippen molar-refractivity contribution >= 4 is 12.0 Å². The van der Waals surface area contributed by atoms with Crippen molar-refractivity contribution in [3.8, 4) is 0 Å². The molecule has 17 heavy (non-hydrogen) atoms. The van der Waals surface area contributed by atoms with Crippen LogP contribution in [0.3, 0.4) is 0 Å². The molecule has 1 saturated heterocycles. The predicted octanol–water partition coefficient (Wildman–Crippen LogP) is 0.848. The van der Waals surface area contributed by atoms with Crippen LogP contribution in [0.2, 0.25) is 0 Å². The van der Waals surface area contributed by atoms with Gasteiger partial charge in [-0.1, -0.05) is 0 Å². The molecular formula is C11H14N2O4. The van der Waals surface area contributed by atoms with Crippen molar-refractivity contribution in [2.75, 3.05) is 20.1 Å². The summed E-state index contributed by atoms with van der Waals surface area (Å²) in [5.41, 5.74) is 0. The minimum absolute atomic E-state index is 0.168. The summed E-state index contributed by atoms with van der Waals surface area (Å²) in [5.74, 6) is -0.560. The number of hydrogen-bond donors (Lipinski definition) is 1. The molecule has 2 rings (SSSR count). The van der Waals surface area contributed by atoms with Gasteiger partial charge in [-0.05, 0) is 12.1 Å². The maximum atomic E-state index is 11.8. The van der Waals surface area contributed by atoms with Crippen LogP contribution in [0, 0.1) is 5.92 Å². The normalized spacial score (nSPS) is 15.5. The molecule has 0 spiro atoms. The van der Waals surface area contributed by atoms with E-state index in [0.717, 1.165) is 0 Å². The quantitative estimate of drug-likeness (QED) is 0.847. The van der Waals surface area contributed by atoms with Gasteiger partial charge in [0, 0.05) is 20.1 Å². The molecule has 92 valence electrons. The van der Waals surface area contributed by atoms with Crippen LogP contribution < -0.4 is 0 Å². The Bertz CT molecular complexity index is 409. The van der Waals surface area contributed by atoms with Crippen molar-refractivity contribution in [2.45, 2.75) is 6.54 Å². The number of carbonyl (C=O) groups excluding carboxylic acids is 1. The fourth-order valence-corrected chi connectivity index (χ4v) is 1.74. The Morgan fingerprint density at radius 1 is 1.59 bits per heavy atom. The van der Waals surface area contributed by atoms with E-state index in [1.165, 1.54) is 9.80 Å². The van der Waals surface area contributed by atoms with Crippen molar-refractivity contribution in [1.82, 2.24) is 9.80 Å². The van der Waals surface area contributed by atoms with E-state index in [0.29, 0.717) is 12.3 Å². The minimum atomic E-state index is -0.845. The van der Waals surface area contributed by atoms with E-state index in [4.69, 9.17) is 9.52 Å². The maximum Gasteiger partial charge on any atom is 0.320 e. The molecule has 0 unspecified atom stereocenters. The summed E-state index contributed by atoms with van der Waals surface area (Å²) >= 11 is 0. The molecule has 0 aliphatic carbocycles. The fraction of sp³-hybridized carbons (Fsp3) is 0.455. The van der Waals surface area contributed by atoms with Gasteiger partial charge in [0.25, 0.3) is 0 Å². The number of likely N-dealkylation sites (tertiary alicyclic amines) is 1. The zero-order chi connectivity index (χ0) is 12.4. The van der Waals surface area contributed by atoms with Gasteiger partial charge in [0.2, 0.25) is 0 Å². The van der Waals surface area contributed by atoms with Gasteiger partial charge in [-0.2, -0.15) is 0 Å². The number of aliphatic carboxylic acids is 1. The average molecular weight is 238 g/mol. The number of hydrogen-bond acceptors (Lipinski definition) is 3. The number of rotatable bonds is 3. The van der Waals surface area contributed by atoms with Crippen LogP contribution in [-0.2, 0) is 11.3 Å². The molecular weight excluding hydrogens is 224 g/mol. The Morgan fingerprint density at radius 2 is 2.29 bits per heavy atom. The van der Waals surface area contributed by atoms with E-state index in [1.807, 2.05) is 0 Å². The van der Waals surface area contributed by atoms with Crippen molar-refractivity contribution < 1.29 is 19.1 Å².